The van der Waals surface area contributed by atoms with Crippen LogP contribution in [0.15, 0.2) is 48.7 Å². The number of fused-ring (bicyclic) bond motifs is 2. The fraction of sp³-hybridized carbons (Fsp3) is 0.273. The van der Waals surface area contributed by atoms with E-state index in [1.165, 1.54) is 12.8 Å². The second-order valence-electron chi connectivity index (χ2n) is 7.00. The van der Waals surface area contributed by atoms with Gasteiger partial charge in [0.2, 0.25) is 0 Å². The molecule has 2 heterocycles. The molecule has 4 nitrogen and oxygen atoms in total. The van der Waals surface area contributed by atoms with Crippen LogP contribution in [0.4, 0.5) is 0 Å². The van der Waals surface area contributed by atoms with E-state index >= 15 is 0 Å². The number of unbranched alkanes of at least 4 members (excludes halogenated alkanes) is 1. The van der Waals surface area contributed by atoms with E-state index < -0.39 is 0 Å². The van der Waals surface area contributed by atoms with Crippen molar-refractivity contribution in [1.29, 1.82) is 0 Å². The van der Waals surface area contributed by atoms with Gasteiger partial charge >= 0.3 is 0 Å². The number of imidazole rings is 1. The van der Waals surface area contributed by atoms with Crippen molar-refractivity contribution in [2.24, 2.45) is 0 Å². The molecule has 0 unspecified atom stereocenters. The summed E-state index contributed by atoms with van der Waals surface area (Å²) in [5.41, 5.74) is 4.02. The quantitative estimate of drug-likeness (QED) is 0.482. The van der Waals surface area contributed by atoms with E-state index in [9.17, 15) is 5.11 Å². The number of phenols is 1. The van der Waals surface area contributed by atoms with E-state index in [2.05, 4.69) is 48.1 Å². The Balaban J connectivity index is 1.69. The molecule has 0 aliphatic rings. The van der Waals surface area contributed by atoms with Crippen LogP contribution in [0.25, 0.3) is 33.1 Å². The van der Waals surface area contributed by atoms with Gasteiger partial charge in [-0.1, -0.05) is 38.8 Å². The summed E-state index contributed by atoms with van der Waals surface area (Å²) in [6, 6.07) is 13.6. The van der Waals surface area contributed by atoms with Crippen LogP contribution in [0.2, 0.25) is 0 Å². The average molecular weight is 345 g/mol. The maximum Gasteiger partial charge on any atom is 0.116 e. The molecule has 4 aromatic rings. The minimum absolute atomic E-state index is 0.260. The molecule has 1 atom stereocenters. The second kappa shape index (κ2) is 6.79. The number of H-pyrrole nitrogens is 1. The smallest absolute Gasteiger partial charge is 0.116 e. The first-order valence-corrected chi connectivity index (χ1v) is 9.23. The van der Waals surface area contributed by atoms with Gasteiger partial charge in [-0.15, -0.1) is 0 Å². The molecule has 0 radical (unpaired) electrons. The Labute approximate surface area is 152 Å². The summed E-state index contributed by atoms with van der Waals surface area (Å²) in [4.78, 5) is 12.8. The van der Waals surface area contributed by atoms with Crippen LogP contribution in [0.3, 0.4) is 0 Å². The third kappa shape index (κ3) is 3.15. The molecule has 0 saturated heterocycles. The van der Waals surface area contributed by atoms with Crippen molar-refractivity contribution in [1.82, 2.24) is 15.0 Å². The second-order valence-corrected chi connectivity index (χ2v) is 7.00. The van der Waals surface area contributed by atoms with Gasteiger partial charge in [-0.25, -0.2) is 4.98 Å². The largest absolute Gasteiger partial charge is 0.508 e. The van der Waals surface area contributed by atoms with Gasteiger partial charge in [0.05, 0.1) is 16.7 Å². The zero-order valence-corrected chi connectivity index (χ0v) is 15.2. The zero-order chi connectivity index (χ0) is 18.1. The first kappa shape index (κ1) is 16.6. The van der Waals surface area contributed by atoms with Gasteiger partial charge in [0.1, 0.15) is 11.6 Å². The summed E-state index contributed by atoms with van der Waals surface area (Å²) in [6.07, 6.45) is 5.39. The van der Waals surface area contributed by atoms with Crippen LogP contribution in [0.1, 0.15) is 44.9 Å². The van der Waals surface area contributed by atoms with Gasteiger partial charge < -0.3 is 10.1 Å². The average Bonchev–Trinajstić information content (AvgIpc) is 3.09. The highest BCUT2D eigenvalue weighted by Crippen LogP contribution is 2.28. The van der Waals surface area contributed by atoms with E-state index in [0.29, 0.717) is 5.92 Å². The number of aromatic nitrogens is 3. The number of benzene rings is 2. The monoisotopic (exact) mass is 345 g/mol. The van der Waals surface area contributed by atoms with Crippen LogP contribution >= 0.6 is 0 Å². The normalized spacial score (nSPS) is 12.7. The molecule has 0 fully saturated rings. The molecule has 26 heavy (non-hydrogen) atoms. The number of pyridine rings is 1. The lowest BCUT2D eigenvalue weighted by Crippen LogP contribution is -1.95. The van der Waals surface area contributed by atoms with Crippen molar-refractivity contribution in [2.45, 2.75) is 39.0 Å². The molecule has 0 saturated carbocycles. The summed E-state index contributed by atoms with van der Waals surface area (Å²) in [5, 5.41) is 11.6. The number of aromatic hydroxyl groups is 1. The minimum Gasteiger partial charge on any atom is -0.508 e. The Morgan fingerprint density at radius 2 is 1.96 bits per heavy atom. The van der Waals surface area contributed by atoms with Gasteiger partial charge in [-0.3, -0.25) is 4.98 Å². The van der Waals surface area contributed by atoms with Gasteiger partial charge in [-0.2, -0.15) is 0 Å². The fourth-order valence-corrected chi connectivity index (χ4v) is 3.36. The van der Waals surface area contributed by atoms with Gasteiger partial charge in [-0.05, 0) is 42.1 Å². The first-order valence-electron chi connectivity index (χ1n) is 9.23. The summed E-state index contributed by atoms with van der Waals surface area (Å²) in [7, 11) is 0. The van der Waals surface area contributed by atoms with Crippen molar-refractivity contribution in [2.75, 3.05) is 0 Å². The van der Waals surface area contributed by atoms with Crippen molar-refractivity contribution in [3.8, 4) is 17.0 Å². The molecular weight excluding hydrogens is 322 g/mol. The summed E-state index contributed by atoms with van der Waals surface area (Å²) >= 11 is 0. The Kier molecular flexibility index (Phi) is 4.33. The number of nitrogens with one attached hydrogen (secondary N) is 1. The molecule has 2 aromatic carbocycles. The lowest BCUT2D eigenvalue weighted by Gasteiger charge is -2.06. The third-order valence-corrected chi connectivity index (χ3v) is 4.96. The predicted octanol–water partition coefficient (Wildman–Crippen LogP) is 5.78. The van der Waals surface area contributed by atoms with Crippen LogP contribution in [-0.4, -0.2) is 20.1 Å². The van der Waals surface area contributed by atoms with E-state index in [4.69, 9.17) is 4.98 Å². The predicted molar refractivity (Wildman–Crippen MR) is 106 cm³/mol. The van der Waals surface area contributed by atoms with Crippen LogP contribution in [0.5, 0.6) is 5.75 Å². The van der Waals surface area contributed by atoms with Crippen LogP contribution in [-0.2, 0) is 0 Å². The SMILES string of the molecule is CCCC[C@H](C)c1nc2ccc(-c3cc4ccc(O)cc4cn3)cc2[nH]1. The van der Waals surface area contributed by atoms with Crippen molar-refractivity contribution < 1.29 is 5.11 Å². The Bertz CT molecular complexity index is 1070. The molecule has 4 rings (SSSR count). The maximum absolute atomic E-state index is 9.60. The highest BCUT2D eigenvalue weighted by Gasteiger charge is 2.11. The maximum atomic E-state index is 9.60. The zero-order valence-electron chi connectivity index (χ0n) is 15.2. The third-order valence-electron chi connectivity index (χ3n) is 4.96. The molecule has 0 aliphatic carbocycles. The van der Waals surface area contributed by atoms with E-state index in [-0.39, 0.29) is 5.75 Å². The summed E-state index contributed by atoms with van der Waals surface area (Å²) in [5.74, 6) is 1.76. The number of nitrogens with zero attached hydrogens (tertiary/aromatic N) is 2. The highest BCUT2D eigenvalue weighted by atomic mass is 16.3. The van der Waals surface area contributed by atoms with Crippen LogP contribution < -0.4 is 0 Å². The first-order chi connectivity index (χ1) is 12.6. The van der Waals surface area contributed by atoms with Gasteiger partial charge in [0, 0.05) is 23.1 Å². The Morgan fingerprint density at radius 1 is 1.08 bits per heavy atom. The van der Waals surface area contributed by atoms with Gasteiger partial charge in [0.25, 0.3) is 0 Å². The molecular formula is C22H23N3O. The van der Waals surface area contributed by atoms with Gasteiger partial charge in [0.15, 0.2) is 0 Å². The molecule has 4 heteroatoms. The molecule has 0 bridgehead atoms. The molecule has 132 valence electrons. The lowest BCUT2D eigenvalue weighted by atomic mass is 10.0. The van der Waals surface area contributed by atoms with E-state index in [0.717, 1.165) is 45.3 Å². The number of phenolic OH excluding ortho intramolecular Hbond substituents is 1. The summed E-state index contributed by atoms with van der Waals surface area (Å²) in [6.45, 7) is 4.45. The number of hydrogen-bond donors (Lipinski definition) is 2. The van der Waals surface area contributed by atoms with E-state index in [1.54, 1.807) is 18.3 Å². The Hall–Kier alpha value is -2.88. The number of aromatic amines is 1. The van der Waals surface area contributed by atoms with Crippen molar-refractivity contribution in [3.63, 3.8) is 0 Å². The standard InChI is InChI=1S/C22H23N3O/c1-3-4-5-14(2)22-24-19-9-7-16(12-21(19)25-22)20-11-15-6-8-18(26)10-17(15)13-23-20/h6-14,26H,3-5H2,1-2H3,(H,24,25)/t14-/m0/s1. The number of hydrogen-bond acceptors (Lipinski definition) is 3. The topological polar surface area (TPSA) is 61.8 Å². The summed E-state index contributed by atoms with van der Waals surface area (Å²) < 4.78 is 0. The molecule has 2 N–H and O–H groups in total. The Morgan fingerprint density at radius 3 is 2.81 bits per heavy atom. The molecule has 2 aromatic heterocycles. The minimum atomic E-state index is 0.260. The van der Waals surface area contributed by atoms with E-state index in [1.807, 2.05) is 6.07 Å². The fourth-order valence-electron chi connectivity index (χ4n) is 3.36. The van der Waals surface area contributed by atoms with Crippen molar-refractivity contribution >= 4 is 21.8 Å². The van der Waals surface area contributed by atoms with Crippen LogP contribution in [0, 0.1) is 0 Å². The lowest BCUT2D eigenvalue weighted by molar-refractivity contribution is 0.476. The van der Waals surface area contributed by atoms with Crippen molar-refractivity contribution in [3.05, 3.63) is 54.5 Å². The molecule has 0 aliphatic heterocycles. The highest BCUT2D eigenvalue weighted by molar-refractivity contribution is 5.88. The number of rotatable bonds is 5. The molecule has 0 spiro atoms. The molecule has 0 amide bonds.